The zero-order chi connectivity index (χ0) is 31.8. The van der Waals surface area contributed by atoms with E-state index in [1.807, 2.05) is 73.8 Å². The molecule has 0 atom stereocenters. The quantitative estimate of drug-likeness (QED) is 0.178. The summed E-state index contributed by atoms with van der Waals surface area (Å²) in [5.74, 6) is 0.391. The van der Waals surface area contributed by atoms with Crippen LogP contribution >= 0.6 is 11.8 Å². The summed E-state index contributed by atoms with van der Waals surface area (Å²) in [6.07, 6.45) is 3.76. The van der Waals surface area contributed by atoms with Gasteiger partial charge < -0.3 is 9.30 Å². The van der Waals surface area contributed by atoms with E-state index in [1.54, 1.807) is 6.08 Å². The van der Waals surface area contributed by atoms with Gasteiger partial charge in [0.25, 0.3) is 5.91 Å². The lowest BCUT2D eigenvalue weighted by Gasteiger charge is -2.26. The summed E-state index contributed by atoms with van der Waals surface area (Å²) < 4.78 is 8.28. The highest BCUT2D eigenvalue weighted by Gasteiger charge is 2.36. The molecule has 0 saturated carbocycles. The summed E-state index contributed by atoms with van der Waals surface area (Å²) in [4.78, 5) is 17.5. The van der Waals surface area contributed by atoms with Gasteiger partial charge in [-0.2, -0.15) is 15.1 Å². The van der Waals surface area contributed by atoms with Gasteiger partial charge in [0.1, 0.15) is 17.4 Å². The SMILES string of the molecule is Cc1ccc(C2=NN3C(=N)/C(=C/c4cn(CCOc5ccc(C(C)(C)c6ccccc6)cc5)c5ccccc45)C(=O)N=C3S2)cc1. The predicted octanol–water partition coefficient (Wildman–Crippen LogP) is 8.02. The highest BCUT2D eigenvalue weighted by atomic mass is 32.2. The van der Waals surface area contributed by atoms with Crippen LogP contribution in [0.2, 0.25) is 0 Å². The fraction of sp³-hybridized carbons (Fsp3) is 0.158. The van der Waals surface area contributed by atoms with E-state index in [2.05, 4.69) is 71.0 Å². The average molecular weight is 624 g/mol. The fourth-order valence-corrected chi connectivity index (χ4v) is 6.68. The molecule has 0 saturated heterocycles. The third kappa shape index (κ3) is 5.56. The van der Waals surface area contributed by atoms with Crippen molar-refractivity contribution in [1.29, 1.82) is 5.41 Å². The number of aliphatic imine (C=N–C) groups is 1. The molecule has 8 heteroatoms. The second-order valence-electron chi connectivity index (χ2n) is 12.0. The first kappa shape index (κ1) is 29.5. The number of para-hydroxylation sites is 1. The van der Waals surface area contributed by atoms with E-state index >= 15 is 0 Å². The highest BCUT2D eigenvalue weighted by Crippen LogP contribution is 2.34. The first-order valence-corrected chi connectivity index (χ1v) is 16.0. The zero-order valence-corrected chi connectivity index (χ0v) is 26.7. The van der Waals surface area contributed by atoms with Crippen molar-refractivity contribution >= 4 is 50.7 Å². The van der Waals surface area contributed by atoms with Gasteiger partial charge in [-0.1, -0.05) is 104 Å². The van der Waals surface area contributed by atoms with Crippen molar-refractivity contribution in [3.8, 4) is 5.75 Å². The largest absolute Gasteiger partial charge is 0.492 e. The number of amidine groups is 2. The number of hydrogen-bond donors (Lipinski definition) is 1. The number of hydrogen-bond acceptors (Lipinski definition) is 5. The number of carbonyl (C=O) groups is 1. The molecular weight excluding hydrogens is 591 g/mol. The highest BCUT2D eigenvalue weighted by molar-refractivity contribution is 8.27. The normalized spacial score (nSPS) is 15.7. The lowest BCUT2D eigenvalue weighted by atomic mass is 9.78. The molecule has 2 aliphatic heterocycles. The Hall–Kier alpha value is -5.21. The van der Waals surface area contributed by atoms with Crippen molar-refractivity contribution in [3.63, 3.8) is 0 Å². The van der Waals surface area contributed by atoms with Crippen LogP contribution in [0.4, 0.5) is 0 Å². The number of aryl methyl sites for hydroxylation is 1. The number of rotatable bonds is 8. The van der Waals surface area contributed by atoms with Crippen LogP contribution in [0.3, 0.4) is 0 Å². The minimum absolute atomic E-state index is 0.0173. The number of fused-ring (bicyclic) bond motifs is 2. The van der Waals surface area contributed by atoms with Crippen LogP contribution in [0.25, 0.3) is 17.0 Å². The number of nitrogens with one attached hydrogen (secondary N) is 1. The van der Waals surface area contributed by atoms with Gasteiger partial charge in [0.05, 0.1) is 12.1 Å². The number of hydrazone groups is 1. The Morgan fingerprint density at radius 1 is 0.891 bits per heavy atom. The first-order chi connectivity index (χ1) is 22.3. The van der Waals surface area contributed by atoms with Crippen molar-refractivity contribution in [3.05, 3.63) is 143 Å². The fourth-order valence-electron chi connectivity index (χ4n) is 5.79. The summed E-state index contributed by atoms with van der Waals surface area (Å²) >= 11 is 1.30. The topological polar surface area (TPSA) is 83.0 Å². The van der Waals surface area contributed by atoms with Crippen LogP contribution in [0.5, 0.6) is 5.75 Å². The van der Waals surface area contributed by atoms with Crippen molar-refractivity contribution in [2.45, 2.75) is 32.7 Å². The van der Waals surface area contributed by atoms with E-state index < -0.39 is 5.91 Å². The summed E-state index contributed by atoms with van der Waals surface area (Å²) in [5, 5.41) is 17.1. The van der Waals surface area contributed by atoms with Crippen LogP contribution in [0.15, 0.2) is 125 Å². The Morgan fingerprint density at radius 3 is 2.35 bits per heavy atom. The Morgan fingerprint density at radius 2 is 1.59 bits per heavy atom. The van der Waals surface area contributed by atoms with Crippen molar-refractivity contribution in [2.24, 2.45) is 10.1 Å². The van der Waals surface area contributed by atoms with E-state index in [0.29, 0.717) is 23.4 Å². The third-order valence-electron chi connectivity index (χ3n) is 8.54. The van der Waals surface area contributed by atoms with Crippen molar-refractivity contribution in [2.75, 3.05) is 6.61 Å². The molecule has 1 amide bonds. The van der Waals surface area contributed by atoms with Crippen LogP contribution < -0.4 is 4.74 Å². The van der Waals surface area contributed by atoms with Crippen LogP contribution in [0.1, 0.15) is 41.7 Å². The number of amides is 1. The zero-order valence-electron chi connectivity index (χ0n) is 25.9. The molecule has 2 aliphatic rings. The van der Waals surface area contributed by atoms with Crippen molar-refractivity contribution in [1.82, 2.24) is 9.58 Å². The molecule has 228 valence electrons. The summed E-state index contributed by atoms with van der Waals surface area (Å²) in [6, 6.07) is 34.9. The number of ether oxygens (including phenoxy) is 1. The monoisotopic (exact) mass is 623 g/mol. The number of nitrogens with zero attached hydrogens (tertiary/aromatic N) is 4. The van der Waals surface area contributed by atoms with Crippen LogP contribution in [0, 0.1) is 12.3 Å². The molecular formula is C38H33N5O2S. The molecule has 0 bridgehead atoms. The molecule has 1 N–H and O–H groups in total. The molecule has 5 aromatic rings. The maximum absolute atomic E-state index is 13.2. The molecule has 4 aromatic carbocycles. The van der Waals surface area contributed by atoms with E-state index in [9.17, 15) is 4.79 Å². The van der Waals surface area contributed by atoms with Gasteiger partial charge in [0, 0.05) is 33.6 Å². The molecule has 0 fully saturated rings. The van der Waals surface area contributed by atoms with Gasteiger partial charge in [-0.15, -0.1) is 0 Å². The maximum Gasteiger partial charge on any atom is 0.283 e. The number of aromatic nitrogens is 1. The number of benzene rings is 4. The second kappa shape index (κ2) is 11.9. The second-order valence-corrected chi connectivity index (χ2v) is 12.9. The summed E-state index contributed by atoms with van der Waals surface area (Å²) in [6.45, 7) is 7.58. The van der Waals surface area contributed by atoms with E-state index in [1.165, 1.54) is 27.9 Å². The van der Waals surface area contributed by atoms with Gasteiger partial charge in [-0.3, -0.25) is 10.2 Å². The summed E-state index contributed by atoms with van der Waals surface area (Å²) in [5.41, 5.74) is 6.53. The maximum atomic E-state index is 13.2. The van der Waals surface area contributed by atoms with Crippen LogP contribution in [-0.4, -0.2) is 38.1 Å². The Bertz CT molecular complexity index is 2060. The van der Waals surface area contributed by atoms with E-state index in [4.69, 9.17) is 10.1 Å². The van der Waals surface area contributed by atoms with Gasteiger partial charge in [-0.05, 0) is 54.1 Å². The molecule has 3 heterocycles. The smallest absolute Gasteiger partial charge is 0.283 e. The van der Waals surface area contributed by atoms with Gasteiger partial charge in [0.15, 0.2) is 5.84 Å². The molecule has 0 aliphatic carbocycles. The number of thioether (sulfide) groups is 1. The average Bonchev–Trinajstić information content (AvgIpc) is 3.66. The summed E-state index contributed by atoms with van der Waals surface area (Å²) in [7, 11) is 0. The van der Waals surface area contributed by atoms with E-state index in [0.717, 1.165) is 33.3 Å². The Kier molecular flexibility index (Phi) is 7.66. The lowest BCUT2D eigenvalue weighted by Crippen LogP contribution is -2.35. The Balaban J connectivity index is 1.08. The van der Waals surface area contributed by atoms with Gasteiger partial charge in [0.2, 0.25) is 5.17 Å². The standard InChI is InChI=1S/C38H33N5O2S/c1-25-13-15-26(16-14-25)36-41-43-34(39)32(35(44)40-37(43)46-36)23-27-24-42(33-12-8-7-11-31(27)33)21-22-45-30-19-17-29(18-20-30)38(2,3)28-9-5-4-6-10-28/h4-20,23-24,39H,21-22H2,1-3H3/b32-23-,39-34?. The first-order valence-electron chi connectivity index (χ1n) is 15.2. The molecule has 1 aromatic heterocycles. The third-order valence-corrected chi connectivity index (χ3v) is 9.50. The van der Waals surface area contributed by atoms with Gasteiger partial charge in [-0.25, -0.2) is 0 Å². The molecule has 46 heavy (non-hydrogen) atoms. The molecule has 0 unspecified atom stereocenters. The Labute approximate surface area is 272 Å². The molecule has 0 spiro atoms. The minimum atomic E-state index is -0.442. The number of carbonyl (C=O) groups excluding carboxylic acids is 1. The minimum Gasteiger partial charge on any atom is -0.492 e. The lowest BCUT2D eigenvalue weighted by molar-refractivity contribution is -0.114. The van der Waals surface area contributed by atoms with Crippen molar-refractivity contribution < 1.29 is 9.53 Å². The molecule has 0 radical (unpaired) electrons. The van der Waals surface area contributed by atoms with Gasteiger partial charge >= 0.3 is 0 Å². The van der Waals surface area contributed by atoms with Crippen LogP contribution in [-0.2, 0) is 16.8 Å². The predicted molar refractivity (Wildman–Crippen MR) is 188 cm³/mol. The molecule has 7 rings (SSSR count). The van der Waals surface area contributed by atoms with E-state index in [-0.39, 0.29) is 16.8 Å². The molecule has 7 nitrogen and oxygen atoms in total.